The summed E-state index contributed by atoms with van der Waals surface area (Å²) < 4.78 is 1.73. The monoisotopic (exact) mass is 317 g/mol. The van der Waals surface area contributed by atoms with E-state index in [1.807, 2.05) is 0 Å². The third-order valence-corrected chi connectivity index (χ3v) is 5.56. The number of hydrogen-bond donors (Lipinski definition) is 1. The Morgan fingerprint density at radius 2 is 2.23 bits per heavy atom. The lowest BCUT2D eigenvalue weighted by Gasteiger charge is -2.17. The van der Waals surface area contributed by atoms with Crippen LogP contribution in [0.5, 0.6) is 0 Å². The molecular weight excluding hydrogens is 294 g/mol. The van der Waals surface area contributed by atoms with Crippen LogP contribution in [0.3, 0.4) is 0 Å². The number of nitrogens with zero attached hydrogens (tertiary/aromatic N) is 2. The van der Waals surface area contributed by atoms with Crippen molar-refractivity contribution in [2.75, 3.05) is 5.32 Å². The van der Waals surface area contributed by atoms with Gasteiger partial charge in [-0.15, -0.1) is 17.9 Å². The van der Waals surface area contributed by atoms with Crippen molar-refractivity contribution in [3.63, 3.8) is 0 Å². The van der Waals surface area contributed by atoms with Gasteiger partial charge < -0.3 is 5.32 Å². The highest BCUT2D eigenvalue weighted by molar-refractivity contribution is 7.18. The van der Waals surface area contributed by atoms with Gasteiger partial charge in [0.1, 0.15) is 4.83 Å². The van der Waals surface area contributed by atoms with E-state index in [2.05, 4.69) is 25.7 Å². The Hall–Kier alpha value is -1.62. The zero-order valence-corrected chi connectivity index (χ0v) is 14.1. The SMILES string of the molecule is C=CCn1c(NC(C)CC)nc2sc3c(c2c1=O)CCCC3. The molecular formula is C17H23N3OS. The molecule has 1 atom stereocenters. The quantitative estimate of drug-likeness (QED) is 0.855. The summed E-state index contributed by atoms with van der Waals surface area (Å²) in [4.78, 5) is 20.0. The Balaban J connectivity index is 2.21. The highest BCUT2D eigenvalue weighted by Gasteiger charge is 2.22. The summed E-state index contributed by atoms with van der Waals surface area (Å²) in [5.74, 6) is 0.672. The summed E-state index contributed by atoms with van der Waals surface area (Å²) in [6.07, 6.45) is 7.24. The molecule has 0 aliphatic heterocycles. The first kappa shape index (κ1) is 15.3. The lowest BCUT2D eigenvalue weighted by molar-refractivity contribution is 0.695. The summed E-state index contributed by atoms with van der Waals surface area (Å²) in [6, 6.07) is 0.287. The van der Waals surface area contributed by atoms with Crippen LogP contribution in [0.15, 0.2) is 17.4 Å². The molecule has 1 aliphatic carbocycles. The van der Waals surface area contributed by atoms with Gasteiger partial charge in [-0.05, 0) is 44.6 Å². The Morgan fingerprint density at radius 1 is 1.45 bits per heavy atom. The minimum Gasteiger partial charge on any atom is -0.353 e. The molecule has 1 unspecified atom stereocenters. The van der Waals surface area contributed by atoms with Crippen LogP contribution in [-0.2, 0) is 19.4 Å². The topological polar surface area (TPSA) is 46.9 Å². The number of rotatable bonds is 5. The van der Waals surface area contributed by atoms with Gasteiger partial charge in [0.2, 0.25) is 5.95 Å². The van der Waals surface area contributed by atoms with E-state index in [0.29, 0.717) is 12.5 Å². The minimum absolute atomic E-state index is 0.0788. The lowest BCUT2D eigenvalue weighted by Crippen LogP contribution is -2.27. The number of aryl methyl sites for hydroxylation is 2. The van der Waals surface area contributed by atoms with Crippen molar-refractivity contribution < 1.29 is 0 Å². The molecule has 118 valence electrons. The van der Waals surface area contributed by atoms with Crippen molar-refractivity contribution in [2.24, 2.45) is 0 Å². The zero-order valence-electron chi connectivity index (χ0n) is 13.3. The Morgan fingerprint density at radius 3 is 2.95 bits per heavy atom. The van der Waals surface area contributed by atoms with Gasteiger partial charge in [-0.25, -0.2) is 4.98 Å². The summed E-state index contributed by atoms with van der Waals surface area (Å²) in [6.45, 7) is 8.50. The normalized spacial score (nSPS) is 15.5. The molecule has 2 aromatic rings. The van der Waals surface area contributed by atoms with Crippen molar-refractivity contribution in [3.05, 3.63) is 33.4 Å². The fraction of sp³-hybridized carbons (Fsp3) is 0.529. The van der Waals surface area contributed by atoms with E-state index in [9.17, 15) is 4.79 Å². The maximum atomic E-state index is 13.0. The van der Waals surface area contributed by atoms with Crippen molar-refractivity contribution in [1.29, 1.82) is 0 Å². The second kappa shape index (κ2) is 6.24. The molecule has 0 bridgehead atoms. The lowest BCUT2D eigenvalue weighted by atomic mass is 9.97. The van der Waals surface area contributed by atoms with Crippen molar-refractivity contribution in [3.8, 4) is 0 Å². The number of hydrogen-bond acceptors (Lipinski definition) is 4. The third-order valence-electron chi connectivity index (χ3n) is 4.37. The van der Waals surface area contributed by atoms with Crippen LogP contribution >= 0.6 is 11.3 Å². The van der Waals surface area contributed by atoms with Crippen molar-refractivity contribution in [2.45, 2.75) is 58.5 Å². The molecule has 22 heavy (non-hydrogen) atoms. The van der Waals surface area contributed by atoms with Gasteiger partial charge in [-0.1, -0.05) is 13.0 Å². The second-order valence-electron chi connectivity index (χ2n) is 5.98. The molecule has 0 fully saturated rings. The summed E-state index contributed by atoms with van der Waals surface area (Å²) in [7, 11) is 0. The van der Waals surface area contributed by atoms with Crippen LogP contribution in [0.2, 0.25) is 0 Å². The first-order valence-electron chi connectivity index (χ1n) is 8.08. The molecule has 5 heteroatoms. The fourth-order valence-electron chi connectivity index (χ4n) is 2.97. The van der Waals surface area contributed by atoms with Gasteiger partial charge in [-0.3, -0.25) is 9.36 Å². The van der Waals surface area contributed by atoms with Crippen molar-refractivity contribution in [1.82, 2.24) is 9.55 Å². The molecule has 2 heterocycles. The van der Waals surface area contributed by atoms with E-state index in [0.717, 1.165) is 29.5 Å². The number of anilines is 1. The van der Waals surface area contributed by atoms with Crippen LogP contribution in [0, 0.1) is 0 Å². The largest absolute Gasteiger partial charge is 0.353 e. The molecule has 0 aromatic carbocycles. The number of thiophene rings is 1. The molecule has 0 saturated carbocycles. The highest BCUT2D eigenvalue weighted by atomic mass is 32.1. The molecule has 1 aliphatic rings. The number of allylic oxidation sites excluding steroid dienone is 1. The maximum absolute atomic E-state index is 13.0. The van der Waals surface area contributed by atoms with E-state index >= 15 is 0 Å². The smallest absolute Gasteiger partial charge is 0.264 e. The van der Waals surface area contributed by atoms with Crippen LogP contribution in [0.25, 0.3) is 10.2 Å². The fourth-order valence-corrected chi connectivity index (χ4v) is 4.22. The second-order valence-corrected chi connectivity index (χ2v) is 7.07. The minimum atomic E-state index is 0.0788. The molecule has 0 spiro atoms. The van der Waals surface area contributed by atoms with Gasteiger partial charge in [0.15, 0.2) is 0 Å². The average molecular weight is 317 g/mol. The predicted molar refractivity (Wildman–Crippen MR) is 94.1 cm³/mol. The zero-order chi connectivity index (χ0) is 15.7. The molecule has 1 N–H and O–H groups in total. The highest BCUT2D eigenvalue weighted by Crippen LogP contribution is 2.34. The molecule has 4 nitrogen and oxygen atoms in total. The van der Waals surface area contributed by atoms with Crippen LogP contribution in [0.1, 0.15) is 43.6 Å². The molecule has 0 amide bonds. The van der Waals surface area contributed by atoms with Crippen LogP contribution in [0.4, 0.5) is 5.95 Å². The molecule has 0 radical (unpaired) electrons. The van der Waals surface area contributed by atoms with Gasteiger partial charge in [0.05, 0.1) is 5.39 Å². The molecule has 0 saturated heterocycles. The summed E-state index contributed by atoms with van der Waals surface area (Å²) in [5, 5.41) is 4.21. The van der Waals surface area contributed by atoms with E-state index in [1.54, 1.807) is 22.0 Å². The number of nitrogens with one attached hydrogen (secondary N) is 1. The standard InChI is InChI=1S/C17H23N3OS/c1-4-10-20-16(21)14-12-8-6-7-9-13(12)22-15(14)19-17(20)18-11(3)5-2/h4,11H,1,5-10H2,2-3H3,(H,18,19). The van der Waals surface area contributed by atoms with Crippen molar-refractivity contribution >= 4 is 27.5 Å². The Bertz CT molecular complexity index is 759. The van der Waals surface area contributed by atoms with E-state index in [-0.39, 0.29) is 11.6 Å². The Labute approximate surface area is 134 Å². The average Bonchev–Trinajstić information content (AvgIpc) is 2.89. The van der Waals surface area contributed by atoms with Gasteiger partial charge in [-0.2, -0.15) is 0 Å². The summed E-state index contributed by atoms with van der Waals surface area (Å²) in [5.41, 5.74) is 1.33. The molecule has 3 rings (SSSR count). The van der Waals surface area contributed by atoms with Gasteiger partial charge in [0, 0.05) is 17.5 Å². The van der Waals surface area contributed by atoms with Gasteiger partial charge >= 0.3 is 0 Å². The van der Waals surface area contributed by atoms with Crippen LogP contribution in [-0.4, -0.2) is 15.6 Å². The maximum Gasteiger partial charge on any atom is 0.264 e. The first-order chi connectivity index (χ1) is 10.7. The number of fused-ring (bicyclic) bond motifs is 3. The summed E-state index contributed by atoms with van der Waals surface area (Å²) >= 11 is 1.70. The first-order valence-corrected chi connectivity index (χ1v) is 8.89. The predicted octanol–water partition coefficient (Wildman–Crippen LogP) is 3.73. The van der Waals surface area contributed by atoms with Gasteiger partial charge in [0.25, 0.3) is 5.56 Å². The van der Waals surface area contributed by atoms with E-state index in [1.165, 1.54) is 23.3 Å². The Kier molecular flexibility index (Phi) is 4.34. The molecule has 2 aromatic heterocycles. The van der Waals surface area contributed by atoms with E-state index < -0.39 is 0 Å². The van der Waals surface area contributed by atoms with E-state index in [4.69, 9.17) is 4.98 Å². The van der Waals surface area contributed by atoms with Crippen LogP contribution < -0.4 is 10.9 Å². The third kappa shape index (κ3) is 2.58. The number of aromatic nitrogens is 2.